The lowest BCUT2D eigenvalue weighted by Gasteiger charge is -2.16. The highest BCUT2D eigenvalue weighted by atomic mass is 16.7. The second kappa shape index (κ2) is 8.21. The summed E-state index contributed by atoms with van der Waals surface area (Å²) in [7, 11) is 3.21. The van der Waals surface area contributed by atoms with Crippen LogP contribution < -0.4 is 9.47 Å². The highest BCUT2D eigenvalue weighted by Crippen LogP contribution is 2.41. The minimum Gasteiger partial charge on any atom is -0.497 e. The van der Waals surface area contributed by atoms with Crippen LogP contribution in [-0.4, -0.2) is 32.9 Å². The van der Waals surface area contributed by atoms with Crippen molar-refractivity contribution in [3.63, 3.8) is 0 Å². The summed E-state index contributed by atoms with van der Waals surface area (Å²) in [5, 5.41) is 0. The molecule has 6 heteroatoms. The molecule has 0 amide bonds. The van der Waals surface area contributed by atoms with Gasteiger partial charge in [0, 0.05) is 5.56 Å². The maximum atomic E-state index is 12.4. The molecule has 1 aliphatic rings. The molecule has 0 spiro atoms. The maximum absolute atomic E-state index is 12.4. The summed E-state index contributed by atoms with van der Waals surface area (Å²) in [6.45, 7) is 2.04. The molecular weight excluding hydrogens is 336 g/mol. The fourth-order valence-electron chi connectivity index (χ4n) is 2.81. The fraction of sp³-hybridized carbons (Fsp3) is 0.350. The number of hydrogen-bond donors (Lipinski definition) is 0. The predicted molar refractivity (Wildman–Crippen MR) is 94.1 cm³/mol. The molecule has 0 unspecified atom stereocenters. The number of hydrogen-bond acceptors (Lipinski definition) is 6. The van der Waals surface area contributed by atoms with E-state index in [4.69, 9.17) is 23.7 Å². The summed E-state index contributed by atoms with van der Waals surface area (Å²) in [5.41, 5.74) is 1.62. The highest BCUT2D eigenvalue weighted by Gasteiger charge is 2.43. The molecule has 3 atom stereocenters. The third kappa shape index (κ3) is 3.81. The number of esters is 1. The Morgan fingerprint density at radius 2 is 1.42 bits per heavy atom. The van der Waals surface area contributed by atoms with Crippen molar-refractivity contribution in [2.75, 3.05) is 20.8 Å². The predicted octanol–water partition coefficient (Wildman–Crippen LogP) is 3.42. The lowest BCUT2D eigenvalue weighted by Crippen LogP contribution is -2.28. The third-order valence-corrected chi connectivity index (χ3v) is 4.17. The van der Waals surface area contributed by atoms with E-state index in [0.717, 1.165) is 22.6 Å². The Balaban J connectivity index is 1.85. The fourth-order valence-corrected chi connectivity index (χ4v) is 2.81. The van der Waals surface area contributed by atoms with E-state index in [0.29, 0.717) is 0 Å². The molecule has 3 rings (SSSR count). The molecular formula is C20H22O6. The number of ether oxygens (including phenoxy) is 5. The largest absolute Gasteiger partial charge is 0.497 e. The van der Waals surface area contributed by atoms with Crippen LogP contribution in [0.4, 0.5) is 0 Å². The Kier molecular flexibility index (Phi) is 5.75. The molecule has 1 heterocycles. The average molecular weight is 358 g/mol. The van der Waals surface area contributed by atoms with Crippen LogP contribution in [0, 0.1) is 0 Å². The van der Waals surface area contributed by atoms with E-state index in [1.807, 2.05) is 48.5 Å². The van der Waals surface area contributed by atoms with Crippen molar-refractivity contribution in [2.24, 2.45) is 0 Å². The molecule has 1 aliphatic heterocycles. The summed E-state index contributed by atoms with van der Waals surface area (Å²) >= 11 is 0. The summed E-state index contributed by atoms with van der Waals surface area (Å²) < 4.78 is 27.4. The van der Waals surface area contributed by atoms with E-state index in [-0.39, 0.29) is 6.61 Å². The van der Waals surface area contributed by atoms with E-state index in [9.17, 15) is 4.79 Å². The monoisotopic (exact) mass is 358 g/mol. The summed E-state index contributed by atoms with van der Waals surface area (Å²) in [6, 6.07) is 14.7. The van der Waals surface area contributed by atoms with Crippen molar-refractivity contribution in [3.8, 4) is 11.5 Å². The van der Waals surface area contributed by atoms with E-state index in [1.165, 1.54) is 0 Å². The van der Waals surface area contributed by atoms with Gasteiger partial charge in [-0.15, -0.1) is 0 Å². The van der Waals surface area contributed by atoms with Gasteiger partial charge >= 0.3 is 5.97 Å². The number of benzene rings is 2. The number of carbonyl (C=O) groups is 1. The van der Waals surface area contributed by atoms with E-state index in [2.05, 4.69) is 0 Å². The maximum Gasteiger partial charge on any atom is 0.338 e. The second-order valence-electron chi connectivity index (χ2n) is 5.74. The molecule has 6 nitrogen and oxygen atoms in total. The molecule has 2 aromatic carbocycles. The van der Waals surface area contributed by atoms with Crippen molar-refractivity contribution < 1.29 is 28.5 Å². The zero-order chi connectivity index (χ0) is 18.5. The molecule has 2 aromatic rings. The molecule has 1 fully saturated rings. The zero-order valence-electron chi connectivity index (χ0n) is 15.0. The van der Waals surface area contributed by atoms with Gasteiger partial charge in [-0.2, -0.15) is 0 Å². The van der Waals surface area contributed by atoms with Crippen LogP contribution in [0.25, 0.3) is 0 Å². The Bertz CT molecular complexity index is 725. The van der Waals surface area contributed by atoms with Crippen LogP contribution in [0.2, 0.25) is 0 Å². The lowest BCUT2D eigenvalue weighted by atomic mass is 10.0. The van der Waals surface area contributed by atoms with Gasteiger partial charge in [-0.3, -0.25) is 0 Å². The van der Waals surface area contributed by atoms with Gasteiger partial charge in [-0.25, -0.2) is 4.79 Å². The molecule has 0 radical (unpaired) electrons. The van der Waals surface area contributed by atoms with E-state index >= 15 is 0 Å². The van der Waals surface area contributed by atoms with Gasteiger partial charge in [0.2, 0.25) is 0 Å². The molecule has 0 bridgehead atoms. The standard InChI is InChI=1S/C20H22O6/c1-4-24-19(21)18-17(13-5-9-15(22-2)10-6-13)25-20(26-18)14-7-11-16(23-3)12-8-14/h5-12,17-18,20H,4H2,1-3H3/t17-,18-,20-/m1/s1. The Labute approximate surface area is 152 Å². The molecule has 26 heavy (non-hydrogen) atoms. The Hall–Kier alpha value is -2.57. The summed E-state index contributed by atoms with van der Waals surface area (Å²) in [4.78, 5) is 12.4. The smallest absolute Gasteiger partial charge is 0.338 e. The molecule has 0 aromatic heterocycles. The van der Waals surface area contributed by atoms with Gasteiger partial charge in [0.25, 0.3) is 0 Å². The molecule has 1 saturated heterocycles. The zero-order valence-corrected chi connectivity index (χ0v) is 15.0. The van der Waals surface area contributed by atoms with Gasteiger partial charge < -0.3 is 23.7 Å². The minimum atomic E-state index is -0.838. The lowest BCUT2D eigenvalue weighted by molar-refractivity contribution is -0.157. The number of methoxy groups -OCH3 is 2. The number of rotatable bonds is 6. The Morgan fingerprint density at radius 1 is 0.885 bits per heavy atom. The summed E-state index contributed by atoms with van der Waals surface area (Å²) in [5.74, 6) is 1.02. The van der Waals surface area contributed by atoms with Crippen molar-refractivity contribution in [1.29, 1.82) is 0 Å². The quantitative estimate of drug-likeness (QED) is 0.738. The van der Waals surface area contributed by atoms with Crippen LogP contribution in [0.1, 0.15) is 30.4 Å². The molecule has 0 saturated carbocycles. The van der Waals surface area contributed by atoms with Crippen molar-refractivity contribution in [1.82, 2.24) is 0 Å². The van der Waals surface area contributed by atoms with Crippen LogP contribution in [0.3, 0.4) is 0 Å². The van der Waals surface area contributed by atoms with Crippen LogP contribution in [0.5, 0.6) is 11.5 Å². The van der Waals surface area contributed by atoms with Gasteiger partial charge in [-0.1, -0.05) is 24.3 Å². The number of carbonyl (C=O) groups excluding carboxylic acids is 1. The first-order chi connectivity index (χ1) is 12.7. The topological polar surface area (TPSA) is 63.2 Å². The van der Waals surface area contributed by atoms with E-state index < -0.39 is 24.5 Å². The van der Waals surface area contributed by atoms with Gasteiger partial charge in [-0.05, 0) is 36.8 Å². The SMILES string of the molecule is CCOC(=O)[C@@H]1O[C@H](c2ccc(OC)cc2)O[C@@H]1c1ccc(OC)cc1. The van der Waals surface area contributed by atoms with Crippen molar-refractivity contribution in [2.45, 2.75) is 25.4 Å². The van der Waals surface area contributed by atoms with Gasteiger partial charge in [0.15, 0.2) is 12.4 Å². The van der Waals surface area contributed by atoms with Crippen molar-refractivity contribution >= 4 is 5.97 Å². The van der Waals surface area contributed by atoms with Gasteiger partial charge in [0.05, 0.1) is 20.8 Å². The molecule has 138 valence electrons. The van der Waals surface area contributed by atoms with E-state index in [1.54, 1.807) is 21.1 Å². The molecule has 0 aliphatic carbocycles. The first-order valence-electron chi connectivity index (χ1n) is 8.41. The highest BCUT2D eigenvalue weighted by molar-refractivity contribution is 5.76. The van der Waals surface area contributed by atoms with Crippen molar-refractivity contribution in [3.05, 3.63) is 59.7 Å². The minimum absolute atomic E-state index is 0.279. The normalized spacial score (nSPS) is 22.0. The van der Waals surface area contributed by atoms with Crippen LogP contribution >= 0.6 is 0 Å². The average Bonchev–Trinajstić information content (AvgIpc) is 3.14. The second-order valence-corrected chi connectivity index (χ2v) is 5.74. The Morgan fingerprint density at radius 3 is 1.92 bits per heavy atom. The van der Waals surface area contributed by atoms with Crippen LogP contribution in [-0.2, 0) is 19.0 Å². The first kappa shape index (κ1) is 18.2. The van der Waals surface area contributed by atoms with Crippen LogP contribution in [0.15, 0.2) is 48.5 Å². The van der Waals surface area contributed by atoms with Gasteiger partial charge in [0.1, 0.15) is 17.6 Å². The first-order valence-corrected chi connectivity index (χ1v) is 8.41. The molecule has 0 N–H and O–H groups in total. The summed E-state index contributed by atoms with van der Waals surface area (Å²) in [6.07, 6.45) is -2.06. The third-order valence-electron chi connectivity index (χ3n) is 4.17.